The first-order valence-corrected chi connectivity index (χ1v) is 9.40. The molecular formula is C22H27N3O. The van der Waals surface area contributed by atoms with Gasteiger partial charge in [-0.25, -0.2) is 0 Å². The van der Waals surface area contributed by atoms with E-state index in [1.54, 1.807) is 0 Å². The molecule has 0 radical (unpaired) electrons. The van der Waals surface area contributed by atoms with Gasteiger partial charge < -0.3 is 4.74 Å². The molecule has 4 heteroatoms. The van der Waals surface area contributed by atoms with E-state index in [0.717, 1.165) is 39.3 Å². The van der Waals surface area contributed by atoms with Gasteiger partial charge in [-0.15, -0.1) is 0 Å². The van der Waals surface area contributed by atoms with Crippen LogP contribution >= 0.6 is 0 Å². The fraction of sp³-hybridized carbons (Fsp3) is 0.409. The van der Waals surface area contributed by atoms with E-state index in [9.17, 15) is 0 Å². The lowest BCUT2D eigenvalue weighted by molar-refractivity contribution is 0.0456. The van der Waals surface area contributed by atoms with Crippen molar-refractivity contribution in [1.82, 2.24) is 9.80 Å². The van der Waals surface area contributed by atoms with Crippen LogP contribution in [0, 0.1) is 11.3 Å². The molecule has 2 aromatic carbocycles. The molecule has 1 fully saturated rings. The molecule has 0 unspecified atom stereocenters. The minimum absolute atomic E-state index is 0.0192. The van der Waals surface area contributed by atoms with E-state index in [-0.39, 0.29) is 6.10 Å². The van der Waals surface area contributed by atoms with Crippen molar-refractivity contribution in [2.24, 2.45) is 0 Å². The first-order valence-electron chi connectivity index (χ1n) is 9.40. The normalized spacial score (nSPS) is 15.8. The molecule has 0 saturated carbocycles. The highest BCUT2D eigenvalue weighted by Crippen LogP contribution is 2.25. The number of nitriles is 1. The maximum Gasteiger partial charge on any atom is 0.108 e. The Balaban J connectivity index is 1.51. The zero-order valence-electron chi connectivity index (χ0n) is 15.3. The van der Waals surface area contributed by atoms with Gasteiger partial charge in [-0.3, -0.25) is 9.80 Å². The molecule has 136 valence electrons. The van der Waals surface area contributed by atoms with Crippen molar-refractivity contribution in [2.45, 2.75) is 12.5 Å². The highest BCUT2D eigenvalue weighted by Gasteiger charge is 2.18. The van der Waals surface area contributed by atoms with Crippen LogP contribution in [-0.2, 0) is 4.74 Å². The van der Waals surface area contributed by atoms with Crippen molar-refractivity contribution in [3.63, 3.8) is 0 Å². The molecule has 3 rings (SSSR count). The maximum atomic E-state index is 8.70. The third kappa shape index (κ3) is 5.40. The summed E-state index contributed by atoms with van der Waals surface area (Å²) in [5, 5.41) is 8.70. The van der Waals surface area contributed by atoms with Crippen LogP contribution in [0.1, 0.15) is 23.7 Å². The second-order valence-corrected chi connectivity index (χ2v) is 6.66. The zero-order valence-corrected chi connectivity index (χ0v) is 15.3. The molecule has 1 saturated heterocycles. The molecule has 1 aliphatic rings. The summed E-state index contributed by atoms with van der Waals surface area (Å²) in [6.07, 6.45) is 0.605. The summed E-state index contributed by atoms with van der Waals surface area (Å²) in [4.78, 5) is 4.83. The Bertz CT molecular complexity index is 636. The van der Waals surface area contributed by atoms with Crippen LogP contribution in [0.2, 0.25) is 0 Å². The molecule has 1 heterocycles. The van der Waals surface area contributed by atoms with Crippen LogP contribution in [0.15, 0.2) is 60.7 Å². The van der Waals surface area contributed by atoms with Crippen LogP contribution in [0.3, 0.4) is 0 Å². The largest absolute Gasteiger partial charge is 0.367 e. The Labute approximate surface area is 156 Å². The molecule has 0 spiro atoms. The lowest BCUT2D eigenvalue weighted by Crippen LogP contribution is -2.47. The maximum absolute atomic E-state index is 8.70. The predicted molar refractivity (Wildman–Crippen MR) is 104 cm³/mol. The molecule has 1 aliphatic heterocycles. The van der Waals surface area contributed by atoms with Gasteiger partial charge >= 0.3 is 0 Å². The summed E-state index contributed by atoms with van der Waals surface area (Å²) in [6.45, 7) is 6.75. The molecule has 0 atom stereocenters. The van der Waals surface area contributed by atoms with E-state index in [2.05, 4.69) is 64.4 Å². The first kappa shape index (κ1) is 18.6. The second kappa shape index (κ2) is 10.1. The van der Waals surface area contributed by atoms with E-state index >= 15 is 0 Å². The minimum Gasteiger partial charge on any atom is -0.367 e. The summed E-state index contributed by atoms with van der Waals surface area (Å²) in [5.74, 6) is 0. The number of hydrogen-bond acceptors (Lipinski definition) is 4. The van der Waals surface area contributed by atoms with Crippen LogP contribution in [0.5, 0.6) is 0 Å². The quantitative estimate of drug-likeness (QED) is 0.733. The summed E-state index contributed by atoms with van der Waals surface area (Å²) in [5.41, 5.74) is 2.39. The van der Waals surface area contributed by atoms with Crippen molar-refractivity contribution in [3.05, 3.63) is 71.8 Å². The lowest BCUT2D eigenvalue weighted by Gasteiger charge is -2.34. The number of nitrogens with zero attached hydrogens (tertiary/aromatic N) is 3. The van der Waals surface area contributed by atoms with E-state index in [4.69, 9.17) is 10.00 Å². The Hall–Kier alpha value is -2.19. The van der Waals surface area contributed by atoms with Gasteiger partial charge in [-0.05, 0) is 11.1 Å². The fourth-order valence-corrected chi connectivity index (χ4v) is 3.38. The van der Waals surface area contributed by atoms with Crippen molar-refractivity contribution in [3.8, 4) is 6.07 Å². The summed E-state index contributed by atoms with van der Waals surface area (Å²) in [6, 6.07) is 23.1. The Kier molecular flexibility index (Phi) is 7.21. The van der Waals surface area contributed by atoms with E-state index in [1.165, 1.54) is 11.1 Å². The second-order valence-electron chi connectivity index (χ2n) is 6.66. The third-order valence-electron chi connectivity index (χ3n) is 4.90. The number of ether oxygens (including phenoxy) is 1. The van der Waals surface area contributed by atoms with Gasteiger partial charge in [0.15, 0.2) is 0 Å². The van der Waals surface area contributed by atoms with Gasteiger partial charge in [0.25, 0.3) is 0 Å². The average Bonchev–Trinajstić information content (AvgIpc) is 2.72. The highest BCUT2D eigenvalue weighted by molar-refractivity contribution is 5.29. The Morgan fingerprint density at radius 2 is 1.31 bits per heavy atom. The van der Waals surface area contributed by atoms with Gasteiger partial charge in [0, 0.05) is 45.7 Å². The van der Waals surface area contributed by atoms with Crippen LogP contribution < -0.4 is 0 Å². The van der Waals surface area contributed by atoms with Gasteiger partial charge in [-0.1, -0.05) is 60.7 Å². The van der Waals surface area contributed by atoms with Crippen LogP contribution in [0.25, 0.3) is 0 Å². The average molecular weight is 349 g/mol. The molecule has 26 heavy (non-hydrogen) atoms. The molecule has 0 aliphatic carbocycles. The minimum atomic E-state index is -0.0192. The fourth-order valence-electron chi connectivity index (χ4n) is 3.38. The van der Waals surface area contributed by atoms with Crippen LogP contribution in [-0.4, -0.2) is 55.7 Å². The topological polar surface area (TPSA) is 39.5 Å². The highest BCUT2D eigenvalue weighted by atomic mass is 16.5. The molecule has 2 aromatic rings. The van der Waals surface area contributed by atoms with Crippen molar-refractivity contribution in [1.29, 1.82) is 5.26 Å². The molecular weight excluding hydrogens is 322 g/mol. The van der Waals surface area contributed by atoms with Gasteiger partial charge in [-0.2, -0.15) is 5.26 Å². The summed E-state index contributed by atoms with van der Waals surface area (Å²) >= 11 is 0. The number of piperazine rings is 1. The predicted octanol–water partition coefficient (Wildman–Crippen LogP) is 3.32. The van der Waals surface area contributed by atoms with Gasteiger partial charge in [0.05, 0.1) is 12.7 Å². The number of rotatable bonds is 8. The Morgan fingerprint density at radius 1 is 0.808 bits per heavy atom. The molecule has 0 aromatic heterocycles. The molecule has 0 bridgehead atoms. The van der Waals surface area contributed by atoms with Crippen LogP contribution in [0.4, 0.5) is 0 Å². The van der Waals surface area contributed by atoms with Crippen molar-refractivity contribution < 1.29 is 4.74 Å². The lowest BCUT2D eigenvalue weighted by atomic mass is 10.0. The molecule has 4 nitrogen and oxygen atoms in total. The molecule has 0 amide bonds. The summed E-state index contributed by atoms with van der Waals surface area (Å²) < 4.78 is 6.31. The van der Waals surface area contributed by atoms with E-state index in [1.807, 2.05) is 12.1 Å². The smallest absolute Gasteiger partial charge is 0.108 e. The third-order valence-corrected chi connectivity index (χ3v) is 4.90. The van der Waals surface area contributed by atoms with Gasteiger partial charge in [0.1, 0.15) is 6.10 Å². The first-order chi connectivity index (χ1) is 12.9. The number of benzene rings is 2. The number of hydrogen-bond donors (Lipinski definition) is 0. The van der Waals surface area contributed by atoms with Crippen molar-refractivity contribution >= 4 is 0 Å². The standard InChI is InChI=1S/C22H27N3O/c23-12-7-13-24-14-16-25(17-15-24)18-19-26-22(20-8-3-1-4-9-20)21-10-5-2-6-11-21/h1-6,8-11,22H,7,13-19H2. The SMILES string of the molecule is N#CCCN1CCN(CCOC(c2ccccc2)c2ccccc2)CC1. The Morgan fingerprint density at radius 3 is 1.81 bits per heavy atom. The summed E-state index contributed by atoms with van der Waals surface area (Å²) in [7, 11) is 0. The van der Waals surface area contributed by atoms with E-state index < -0.39 is 0 Å². The monoisotopic (exact) mass is 349 g/mol. The zero-order chi connectivity index (χ0) is 18.0. The molecule has 0 N–H and O–H groups in total. The van der Waals surface area contributed by atoms with Gasteiger partial charge in [0.2, 0.25) is 0 Å². The van der Waals surface area contributed by atoms with E-state index in [0.29, 0.717) is 13.0 Å². The van der Waals surface area contributed by atoms with Crippen molar-refractivity contribution in [2.75, 3.05) is 45.9 Å².